The maximum atomic E-state index is 12.9. The Bertz CT molecular complexity index is 771. The predicted octanol–water partition coefficient (Wildman–Crippen LogP) is 3.98. The first-order valence-corrected chi connectivity index (χ1v) is 7.73. The van der Waals surface area contributed by atoms with Gasteiger partial charge >= 0.3 is 0 Å². The molecule has 3 rings (SSSR count). The van der Waals surface area contributed by atoms with Crippen LogP contribution in [0.5, 0.6) is 5.75 Å². The first kappa shape index (κ1) is 15.8. The van der Waals surface area contributed by atoms with Gasteiger partial charge in [-0.3, -0.25) is 10.6 Å². The molecule has 122 valence electrons. The second-order valence-electron chi connectivity index (χ2n) is 6.79. The van der Waals surface area contributed by atoms with Gasteiger partial charge in [0.05, 0.1) is 11.4 Å². The van der Waals surface area contributed by atoms with Crippen molar-refractivity contribution < 1.29 is 10.3 Å². The van der Waals surface area contributed by atoms with E-state index in [0.717, 1.165) is 10.7 Å². The second-order valence-corrected chi connectivity index (χ2v) is 7.22. The number of aryl methyl sites for hydroxylation is 1. The molecular formula is C17H19ClN3O2-. The number of rotatable bonds is 1. The molecule has 0 aromatic heterocycles. The molecule has 6 heteroatoms. The quantitative estimate of drug-likeness (QED) is 0.827. The van der Waals surface area contributed by atoms with E-state index in [1.807, 2.05) is 33.8 Å². The van der Waals surface area contributed by atoms with E-state index >= 15 is 0 Å². The first-order chi connectivity index (χ1) is 10.7. The van der Waals surface area contributed by atoms with Crippen molar-refractivity contribution >= 4 is 28.7 Å². The van der Waals surface area contributed by atoms with E-state index in [-0.39, 0.29) is 11.2 Å². The monoisotopic (exact) mass is 332 g/mol. The van der Waals surface area contributed by atoms with Gasteiger partial charge in [-0.25, -0.2) is 0 Å². The summed E-state index contributed by atoms with van der Waals surface area (Å²) in [6.07, 6.45) is 0. The summed E-state index contributed by atoms with van der Waals surface area (Å²) in [6.45, 7) is 7.92. The van der Waals surface area contributed by atoms with Crippen LogP contribution in [-0.4, -0.2) is 5.21 Å². The Morgan fingerprint density at radius 3 is 2.48 bits per heavy atom. The van der Waals surface area contributed by atoms with Gasteiger partial charge in [-0.15, -0.1) is 5.17 Å². The predicted molar refractivity (Wildman–Crippen MR) is 91.1 cm³/mol. The average Bonchev–Trinajstić information content (AvgIpc) is 2.77. The lowest BCUT2D eigenvalue weighted by molar-refractivity contribution is -0.269. The normalized spacial score (nSPS) is 14.0. The third-order valence-electron chi connectivity index (χ3n) is 3.84. The Hall–Kier alpha value is -2.11. The van der Waals surface area contributed by atoms with Crippen molar-refractivity contribution in [2.45, 2.75) is 33.1 Å². The van der Waals surface area contributed by atoms with Crippen molar-refractivity contribution in [3.63, 3.8) is 0 Å². The largest absolute Gasteiger partial charge is 0.871 e. The molecule has 1 heterocycles. The van der Waals surface area contributed by atoms with Gasteiger partial charge in [-0.1, -0.05) is 44.2 Å². The Morgan fingerprint density at radius 2 is 1.83 bits per heavy atom. The van der Waals surface area contributed by atoms with Gasteiger partial charge in [-0.2, -0.15) is 5.12 Å². The van der Waals surface area contributed by atoms with E-state index in [2.05, 4.69) is 5.43 Å². The van der Waals surface area contributed by atoms with E-state index in [1.165, 1.54) is 5.12 Å². The summed E-state index contributed by atoms with van der Waals surface area (Å²) in [4.78, 5) is 0. The number of hydrazine groups is 2. The molecule has 0 saturated heterocycles. The number of nitrogens with one attached hydrogen (secondary N) is 1. The lowest BCUT2D eigenvalue weighted by Gasteiger charge is -2.34. The van der Waals surface area contributed by atoms with E-state index in [0.29, 0.717) is 27.6 Å². The van der Waals surface area contributed by atoms with E-state index < -0.39 is 0 Å². The number of anilines is 3. The van der Waals surface area contributed by atoms with Crippen LogP contribution < -0.4 is 20.8 Å². The molecule has 2 N–H and O–H groups in total. The zero-order valence-corrected chi connectivity index (χ0v) is 14.3. The highest BCUT2D eigenvalue weighted by molar-refractivity contribution is 6.31. The number of nitrogens with zero attached hydrogens (tertiary/aromatic N) is 2. The number of hydrogen-bond acceptors (Lipinski definition) is 5. The van der Waals surface area contributed by atoms with Crippen LogP contribution in [0.25, 0.3) is 0 Å². The number of hydrogen-bond donors (Lipinski definition) is 2. The minimum absolute atomic E-state index is 0.117. The lowest BCUT2D eigenvalue weighted by atomic mass is 9.85. The van der Waals surface area contributed by atoms with Crippen molar-refractivity contribution in [3.05, 3.63) is 46.5 Å². The maximum Gasteiger partial charge on any atom is 0.116 e. The topological polar surface area (TPSA) is 61.8 Å². The van der Waals surface area contributed by atoms with Gasteiger partial charge in [0.1, 0.15) is 5.69 Å². The minimum Gasteiger partial charge on any atom is -0.871 e. The van der Waals surface area contributed by atoms with Crippen LogP contribution in [0.15, 0.2) is 30.3 Å². The minimum atomic E-state index is -0.284. The zero-order chi connectivity index (χ0) is 16.9. The highest BCUT2D eigenvalue weighted by Gasteiger charge is 2.28. The van der Waals surface area contributed by atoms with Crippen LogP contribution in [0.2, 0.25) is 5.02 Å². The highest BCUT2D eigenvalue weighted by atomic mass is 35.5. The molecule has 2 aromatic carbocycles. The second kappa shape index (κ2) is 5.22. The SMILES string of the molecule is Cc1cc(N2Nc3ccc(Cl)cc3N2O)c([O-])c(C(C)(C)C)c1. The van der Waals surface area contributed by atoms with Crippen LogP contribution in [0.1, 0.15) is 31.9 Å². The summed E-state index contributed by atoms with van der Waals surface area (Å²) in [5, 5.41) is 26.1. The molecule has 0 spiro atoms. The van der Waals surface area contributed by atoms with Crippen molar-refractivity contribution in [3.8, 4) is 5.75 Å². The number of halogens is 1. The fourth-order valence-corrected chi connectivity index (χ4v) is 2.83. The summed E-state index contributed by atoms with van der Waals surface area (Å²) < 4.78 is 0. The molecule has 2 aromatic rings. The van der Waals surface area contributed by atoms with Gasteiger partial charge < -0.3 is 5.11 Å². The van der Waals surface area contributed by atoms with E-state index in [1.54, 1.807) is 24.3 Å². The van der Waals surface area contributed by atoms with Crippen LogP contribution in [0, 0.1) is 6.92 Å². The summed E-state index contributed by atoms with van der Waals surface area (Å²) in [6, 6.07) is 8.76. The third kappa shape index (κ3) is 2.66. The zero-order valence-electron chi connectivity index (χ0n) is 13.5. The van der Waals surface area contributed by atoms with Crippen LogP contribution in [-0.2, 0) is 5.41 Å². The molecule has 0 amide bonds. The molecule has 1 aliphatic rings. The smallest absolute Gasteiger partial charge is 0.116 e. The average molecular weight is 333 g/mol. The van der Waals surface area contributed by atoms with E-state index in [4.69, 9.17) is 11.6 Å². The fourth-order valence-electron chi connectivity index (χ4n) is 2.66. The molecule has 0 atom stereocenters. The highest BCUT2D eigenvalue weighted by Crippen LogP contribution is 2.42. The van der Waals surface area contributed by atoms with Crippen molar-refractivity contribution in [2.75, 3.05) is 15.7 Å². The van der Waals surface area contributed by atoms with Gasteiger partial charge in [0.2, 0.25) is 0 Å². The Morgan fingerprint density at radius 1 is 1.13 bits per heavy atom. The van der Waals surface area contributed by atoms with E-state index in [9.17, 15) is 10.3 Å². The van der Waals surface area contributed by atoms with Crippen LogP contribution in [0.3, 0.4) is 0 Å². The number of fused-ring (bicyclic) bond motifs is 1. The lowest BCUT2D eigenvalue weighted by Crippen LogP contribution is -2.40. The van der Waals surface area contributed by atoms with Gasteiger partial charge in [-0.05, 0) is 47.7 Å². The Kier molecular flexibility index (Phi) is 3.58. The van der Waals surface area contributed by atoms with Crippen LogP contribution in [0.4, 0.5) is 17.1 Å². The fraction of sp³-hybridized carbons (Fsp3) is 0.294. The van der Waals surface area contributed by atoms with Gasteiger partial charge in [0.25, 0.3) is 0 Å². The molecule has 5 nitrogen and oxygen atoms in total. The Labute approximate surface area is 140 Å². The molecule has 0 aliphatic carbocycles. The number of benzene rings is 2. The molecule has 23 heavy (non-hydrogen) atoms. The molecule has 0 fully saturated rings. The summed E-state index contributed by atoms with van der Waals surface area (Å²) in [7, 11) is 0. The van der Waals surface area contributed by atoms with Gasteiger partial charge in [0, 0.05) is 5.02 Å². The van der Waals surface area contributed by atoms with Crippen molar-refractivity contribution in [2.24, 2.45) is 0 Å². The summed E-state index contributed by atoms with van der Waals surface area (Å²) >= 11 is 5.98. The molecule has 0 unspecified atom stereocenters. The van der Waals surface area contributed by atoms with Crippen molar-refractivity contribution in [1.29, 1.82) is 0 Å². The van der Waals surface area contributed by atoms with Crippen LogP contribution >= 0.6 is 11.6 Å². The third-order valence-corrected chi connectivity index (χ3v) is 4.08. The maximum absolute atomic E-state index is 12.9. The molecule has 0 bridgehead atoms. The first-order valence-electron chi connectivity index (χ1n) is 7.36. The van der Waals surface area contributed by atoms with Gasteiger partial charge in [0.15, 0.2) is 0 Å². The molecule has 1 aliphatic heterocycles. The molecular weight excluding hydrogens is 314 g/mol. The summed E-state index contributed by atoms with van der Waals surface area (Å²) in [5.74, 6) is -0.117. The van der Waals surface area contributed by atoms with Crippen molar-refractivity contribution in [1.82, 2.24) is 0 Å². The standard InChI is InChI=1S/C17H20ClN3O2/c1-10-7-12(17(2,3)4)16(22)15(8-10)20-19-13-6-5-11(18)9-14(13)21(20)23/h5-9,19,22-23H,1-4H3/p-1. The Balaban J connectivity index is 2.09. The summed E-state index contributed by atoms with van der Waals surface area (Å²) in [5.41, 5.74) is 5.94. The molecule has 0 saturated carbocycles. The molecule has 0 radical (unpaired) electrons.